The first-order chi connectivity index (χ1) is 9.51. The minimum absolute atomic E-state index is 0.116. The summed E-state index contributed by atoms with van der Waals surface area (Å²) < 4.78 is 22.4. The second kappa shape index (κ2) is 5.20. The van der Waals surface area contributed by atoms with Crippen LogP contribution in [0.4, 0.5) is 0 Å². The molecule has 4 N–H and O–H groups in total. The van der Waals surface area contributed by atoms with Gasteiger partial charge in [-0.3, -0.25) is 0 Å². The van der Waals surface area contributed by atoms with E-state index in [0.29, 0.717) is 6.04 Å². The molecule has 0 amide bonds. The van der Waals surface area contributed by atoms with Gasteiger partial charge in [0.25, 0.3) is 0 Å². The van der Waals surface area contributed by atoms with Gasteiger partial charge in [0.1, 0.15) is 0 Å². The lowest BCUT2D eigenvalue weighted by Gasteiger charge is -2.09. The Morgan fingerprint density at radius 1 is 1.35 bits per heavy atom. The van der Waals surface area contributed by atoms with Gasteiger partial charge < -0.3 is 10.3 Å². The van der Waals surface area contributed by atoms with Crippen LogP contribution in [0.1, 0.15) is 24.0 Å². The SMILES string of the molecule is NS(=O)(=O)Cc1ccc2[nH]cc(CC3CCCN3)c2c1. The number of hydrogen-bond donors (Lipinski definition) is 3. The van der Waals surface area contributed by atoms with Crippen LogP contribution in [-0.2, 0) is 22.2 Å². The van der Waals surface area contributed by atoms with Gasteiger partial charge in [-0.05, 0) is 49.1 Å². The Morgan fingerprint density at radius 3 is 2.90 bits per heavy atom. The minimum Gasteiger partial charge on any atom is -0.361 e. The van der Waals surface area contributed by atoms with Crippen LogP contribution in [0.15, 0.2) is 24.4 Å². The number of H-pyrrole nitrogens is 1. The zero-order valence-corrected chi connectivity index (χ0v) is 12.0. The van der Waals surface area contributed by atoms with Gasteiger partial charge in [0.15, 0.2) is 0 Å². The molecule has 0 bridgehead atoms. The van der Waals surface area contributed by atoms with E-state index >= 15 is 0 Å². The van der Waals surface area contributed by atoms with E-state index < -0.39 is 10.0 Å². The maximum Gasteiger partial charge on any atom is 0.213 e. The fraction of sp³-hybridized carbons (Fsp3) is 0.429. The summed E-state index contributed by atoms with van der Waals surface area (Å²) >= 11 is 0. The zero-order chi connectivity index (χ0) is 14.2. The standard InChI is InChI=1S/C14H19N3O2S/c15-20(18,19)9-10-3-4-14-13(6-10)11(8-17-14)7-12-2-1-5-16-12/h3-4,6,8,12,16-17H,1-2,5,7,9H2,(H2,15,18,19). The topological polar surface area (TPSA) is 88.0 Å². The van der Waals surface area contributed by atoms with Crippen LogP contribution in [-0.4, -0.2) is 26.0 Å². The summed E-state index contributed by atoms with van der Waals surface area (Å²) in [7, 11) is -3.49. The highest BCUT2D eigenvalue weighted by atomic mass is 32.2. The Bertz CT molecular complexity index is 715. The Morgan fingerprint density at radius 2 is 2.20 bits per heavy atom. The molecule has 6 heteroatoms. The Balaban J connectivity index is 1.90. The van der Waals surface area contributed by atoms with Crippen molar-refractivity contribution >= 4 is 20.9 Å². The molecule has 0 spiro atoms. The number of aromatic amines is 1. The second-order valence-corrected chi connectivity index (χ2v) is 7.11. The van der Waals surface area contributed by atoms with Crippen molar-refractivity contribution < 1.29 is 8.42 Å². The van der Waals surface area contributed by atoms with E-state index in [-0.39, 0.29) is 5.75 Å². The van der Waals surface area contributed by atoms with Crippen molar-refractivity contribution in [2.24, 2.45) is 5.14 Å². The lowest BCUT2D eigenvalue weighted by molar-refractivity contribution is 0.597. The maximum absolute atomic E-state index is 11.2. The number of hydrogen-bond acceptors (Lipinski definition) is 3. The molecule has 0 radical (unpaired) electrons. The van der Waals surface area contributed by atoms with Crippen molar-refractivity contribution in [1.29, 1.82) is 0 Å². The number of rotatable bonds is 4. The Hall–Kier alpha value is -1.37. The van der Waals surface area contributed by atoms with Crippen molar-refractivity contribution in [1.82, 2.24) is 10.3 Å². The van der Waals surface area contributed by atoms with Gasteiger partial charge in [-0.15, -0.1) is 0 Å². The number of nitrogens with one attached hydrogen (secondary N) is 2. The zero-order valence-electron chi connectivity index (χ0n) is 11.2. The first-order valence-corrected chi connectivity index (χ1v) is 8.55. The summed E-state index contributed by atoms with van der Waals surface area (Å²) in [6, 6.07) is 6.18. The Kier molecular flexibility index (Phi) is 3.54. The summed E-state index contributed by atoms with van der Waals surface area (Å²) in [5.74, 6) is -0.116. The average Bonchev–Trinajstić information content (AvgIpc) is 2.98. The lowest BCUT2D eigenvalue weighted by Crippen LogP contribution is -2.23. The van der Waals surface area contributed by atoms with Gasteiger partial charge in [0.2, 0.25) is 10.0 Å². The first kappa shape index (κ1) is 13.6. The fourth-order valence-corrected chi connectivity index (χ4v) is 3.56. The van der Waals surface area contributed by atoms with Crippen molar-refractivity contribution in [3.8, 4) is 0 Å². The molecule has 3 rings (SSSR count). The van der Waals surface area contributed by atoms with Crippen molar-refractivity contribution in [2.45, 2.75) is 31.1 Å². The third kappa shape index (κ3) is 3.03. The van der Waals surface area contributed by atoms with Gasteiger partial charge in [-0.2, -0.15) is 0 Å². The molecule has 0 saturated carbocycles. The van der Waals surface area contributed by atoms with E-state index in [4.69, 9.17) is 5.14 Å². The molecule has 1 aromatic heterocycles. The monoisotopic (exact) mass is 293 g/mol. The van der Waals surface area contributed by atoms with Crippen LogP contribution >= 0.6 is 0 Å². The van der Waals surface area contributed by atoms with Crippen LogP contribution in [0.25, 0.3) is 10.9 Å². The minimum atomic E-state index is -3.49. The third-order valence-electron chi connectivity index (χ3n) is 3.83. The highest BCUT2D eigenvalue weighted by Crippen LogP contribution is 2.23. The second-order valence-electron chi connectivity index (χ2n) is 5.50. The van der Waals surface area contributed by atoms with Gasteiger partial charge in [0.05, 0.1) is 5.75 Å². The summed E-state index contributed by atoms with van der Waals surface area (Å²) in [4.78, 5) is 3.24. The van der Waals surface area contributed by atoms with Gasteiger partial charge in [-0.1, -0.05) is 6.07 Å². The number of benzene rings is 1. The largest absolute Gasteiger partial charge is 0.361 e. The highest BCUT2D eigenvalue weighted by molar-refractivity contribution is 7.88. The predicted octanol–water partition coefficient (Wildman–Crippen LogP) is 1.25. The molecule has 1 aromatic carbocycles. The summed E-state index contributed by atoms with van der Waals surface area (Å²) in [6.45, 7) is 1.09. The molecular weight excluding hydrogens is 274 g/mol. The van der Waals surface area contributed by atoms with Crippen LogP contribution in [0.5, 0.6) is 0 Å². The third-order valence-corrected chi connectivity index (χ3v) is 4.56. The van der Waals surface area contributed by atoms with Gasteiger partial charge in [0, 0.05) is 23.1 Å². The molecule has 108 valence electrons. The first-order valence-electron chi connectivity index (χ1n) is 6.84. The van der Waals surface area contributed by atoms with E-state index in [2.05, 4.69) is 10.3 Å². The molecule has 5 nitrogen and oxygen atoms in total. The number of sulfonamides is 1. The molecule has 2 aromatic rings. The molecule has 1 saturated heterocycles. The number of nitrogens with two attached hydrogens (primary N) is 1. The van der Waals surface area contributed by atoms with Gasteiger partial charge >= 0.3 is 0 Å². The van der Waals surface area contributed by atoms with Crippen LogP contribution < -0.4 is 10.5 Å². The molecule has 1 unspecified atom stereocenters. The molecule has 1 aliphatic rings. The fourth-order valence-electron chi connectivity index (χ4n) is 2.91. The van der Waals surface area contributed by atoms with E-state index in [0.717, 1.165) is 29.4 Å². The molecule has 1 atom stereocenters. The van der Waals surface area contributed by atoms with Crippen LogP contribution in [0.2, 0.25) is 0 Å². The number of aromatic nitrogens is 1. The summed E-state index contributed by atoms with van der Waals surface area (Å²) in [6.07, 6.45) is 5.41. The van der Waals surface area contributed by atoms with Crippen molar-refractivity contribution in [3.63, 3.8) is 0 Å². The van der Waals surface area contributed by atoms with Crippen LogP contribution in [0.3, 0.4) is 0 Å². The molecule has 1 fully saturated rings. The molecular formula is C14H19N3O2S. The van der Waals surface area contributed by atoms with E-state index in [1.54, 1.807) is 6.07 Å². The molecule has 20 heavy (non-hydrogen) atoms. The van der Waals surface area contributed by atoms with Crippen LogP contribution in [0, 0.1) is 0 Å². The maximum atomic E-state index is 11.2. The molecule has 1 aliphatic heterocycles. The number of primary sulfonamides is 1. The summed E-state index contributed by atoms with van der Waals surface area (Å²) in [5, 5.41) is 9.69. The van der Waals surface area contributed by atoms with Crippen molar-refractivity contribution in [2.75, 3.05) is 6.54 Å². The predicted molar refractivity (Wildman–Crippen MR) is 79.8 cm³/mol. The van der Waals surface area contributed by atoms with E-state index in [9.17, 15) is 8.42 Å². The normalized spacial score (nSPS) is 19.8. The Labute approximate surface area is 118 Å². The average molecular weight is 293 g/mol. The van der Waals surface area contributed by atoms with E-state index in [1.165, 1.54) is 18.4 Å². The quantitative estimate of drug-likeness (QED) is 0.792. The smallest absolute Gasteiger partial charge is 0.213 e. The van der Waals surface area contributed by atoms with E-state index in [1.807, 2.05) is 18.3 Å². The lowest BCUT2D eigenvalue weighted by atomic mass is 10.0. The van der Waals surface area contributed by atoms with Crippen molar-refractivity contribution in [3.05, 3.63) is 35.5 Å². The molecule has 2 heterocycles. The summed E-state index contributed by atoms with van der Waals surface area (Å²) in [5.41, 5.74) is 3.01. The highest BCUT2D eigenvalue weighted by Gasteiger charge is 2.16. The molecule has 0 aliphatic carbocycles. The van der Waals surface area contributed by atoms with Gasteiger partial charge in [-0.25, -0.2) is 13.6 Å². The number of fused-ring (bicyclic) bond motifs is 1.